The lowest BCUT2D eigenvalue weighted by molar-refractivity contribution is -0.140. The second-order valence-corrected chi connectivity index (χ2v) is 9.04. The normalized spacial score (nSPS) is 12.6. The fourth-order valence-corrected chi connectivity index (χ4v) is 3.43. The molecule has 2 nitrogen and oxygen atoms in total. The predicted octanol–water partition coefficient (Wildman–Crippen LogP) is 4.95. The van der Waals surface area contributed by atoms with Gasteiger partial charge in [0, 0.05) is 0 Å². The Morgan fingerprint density at radius 3 is 1.92 bits per heavy atom. The third-order valence-electron chi connectivity index (χ3n) is 4.15. The van der Waals surface area contributed by atoms with Gasteiger partial charge in [0.1, 0.15) is 5.82 Å². The number of hydrogen-bond donors (Lipinski definition) is 0. The lowest BCUT2D eigenvalue weighted by Gasteiger charge is -2.11. The van der Waals surface area contributed by atoms with Gasteiger partial charge in [-0.25, -0.2) is 12.8 Å². The van der Waals surface area contributed by atoms with Crippen LogP contribution in [0.1, 0.15) is 36.1 Å². The molecule has 0 saturated carbocycles. The Morgan fingerprint density at radius 1 is 0.885 bits per heavy atom. The molecule has 2 rings (SSSR count). The van der Waals surface area contributed by atoms with Gasteiger partial charge in [-0.1, -0.05) is 30.3 Å². The average Bonchev–Trinajstić information content (AvgIpc) is 2.54. The van der Waals surface area contributed by atoms with Crippen molar-refractivity contribution in [2.24, 2.45) is 0 Å². The number of halogens is 4. The van der Waals surface area contributed by atoms with Crippen molar-refractivity contribution in [1.82, 2.24) is 0 Å². The molecule has 142 valence electrons. The molecule has 0 aliphatic heterocycles. The summed E-state index contributed by atoms with van der Waals surface area (Å²) in [5.74, 6) is -1.32. The maximum atomic E-state index is 13.3. The summed E-state index contributed by atoms with van der Waals surface area (Å²) in [6, 6.07) is 9.95. The maximum Gasteiger partial charge on any atom is 0.419 e. The van der Waals surface area contributed by atoms with E-state index >= 15 is 0 Å². The molecule has 2 aromatic carbocycles. The van der Waals surface area contributed by atoms with E-state index in [0.717, 1.165) is 17.7 Å². The molecule has 0 aromatic heterocycles. The van der Waals surface area contributed by atoms with E-state index in [9.17, 15) is 26.0 Å². The Morgan fingerprint density at radius 2 is 1.38 bits per heavy atom. The molecular formula is C19H20F4O2S. The first-order chi connectivity index (χ1) is 12.0. The maximum absolute atomic E-state index is 13.3. The Hall–Kier alpha value is -1.89. The molecule has 0 radical (unpaired) electrons. The quantitative estimate of drug-likeness (QED) is 0.656. The van der Waals surface area contributed by atoms with E-state index < -0.39 is 32.6 Å². The summed E-state index contributed by atoms with van der Waals surface area (Å²) in [4.78, 5) is 0. The van der Waals surface area contributed by atoms with E-state index in [2.05, 4.69) is 0 Å². The van der Waals surface area contributed by atoms with Crippen LogP contribution >= 0.6 is 0 Å². The minimum atomic E-state index is -4.72. The van der Waals surface area contributed by atoms with Gasteiger partial charge < -0.3 is 0 Å². The summed E-state index contributed by atoms with van der Waals surface area (Å²) in [6.07, 6.45) is -3.92. The van der Waals surface area contributed by atoms with E-state index in [1.54, 1.807) is 38.1 Å². The predicted molar refractivity (Wildman–Crippen MR) is 93.0 cm³/mol. The standard InChI is InChI=1S/C19H20F4O2S/c1-13(2)26(24,25)12-16-7-4-14(5-8-16)3-6-15-9-10-18(20)17(11-15)19(21,22)23/h4-5,7-11,13H,3,6,12H2,1-2H3. The van der Waals surface area contributed by atoms with Gasteiger partial charge >= 0.3 is 6.18 Å². The van der Waals surface area contributed by atoms with Gasteiger partial charge in [-0.2, -0.15) is 13.2 Å². The minimum Gasteiger partial charge on any atom is -0.228 e. The van der Waals surface area contributed by atoms with Crippen LogP contribution in [0.4, 0.5) is 17.6 Å². The lowest BCUT2D eigenvalue weighted by Crippen LogP contribution is -2.15. The van der Waals surface area contributed by atoms with Crippen LogP contribution in [-0.4, -0.2) is 13.7 Å². The summed E-state index contributed by atoms with van der Waals surface area (Å²) in [5.41, 5.74) is 0.673. The van der Waals surface area contributed by atoms with Crippen LogP contribution in [-0.2, 0) is 34.6 Å². The molecule has 0 heterocycles. The third kappa shape index (κ3) is 5.30. The molecule has 0 N–H and O–H groups in total. The van der Waals surface area contributed by atoms with Gasteiger partial charge in [-0.15, -0.1) is 0 Å². The highest BCUT2D eigenvalue weighted by atomic mass is 32.2. The average molecular weight is 388 g/mol. The zero-order valence-electron chi connectivity index (χ0n) is 14.5. The molecule has 0 fully saturated rings. The lowest BCUT2D eigenvalue weighted by atomic mass is 10.0. The van der Waals surface area contributed by atoms with Crippen LogP contribution in [0, 0.1) is 5.82 Å². The van der Waals surface area contributed by atoms with Crippen molar-refractivity contribution in [2.75, 3.05) is 0 Å². The van der Waals surface area contributed by atoms with Crippen LogP contribution in [0.15, 0.2) is 42.5 Å². The van der Waals surface area contributed by atoms with Gasteiger partial charge in [-0.05, 0) is 55.5 Å². The highest BCUT2D eigenvalue weighted by Gasteiger charge is 2.34. The molecule has 7 heteroatoms. The van der Waals surface area contributed by atoms with Crippen molar-refractivity contribution < 1.29 is 26.0 Å². The molecule has 0 bridgehead atoms. The van der Waals surface area contributed by atoms with Crippen molar-refractivity contribution in [3.8, 4) is 0 Å². The highest BCUT2D eigenvalue weighted by Crippen LogP contribution is 2.32. The summed E-state index contributed by atoms with van der Waals surface area (Å²) in [7, 11) is -3.18. The first-order valence-electron chi connectivity index (χ1n) is 8.14. The van der Waals surface area contributed by atoms with Gasteiger partial charge in [-0.3, -0.25) is 0 Å². The van der Waals surface area contributed by atoms with Gasteiger partial charge in [0.2, 0.25) is 0 Å². The van der Waals surface area contributed by atoms with Crippen molar-refractivity contribution in [3.63, 3.8) is 0 Å². The number of aryl methyl sites for hydroxylation is 2. The Bertz CT molecular complexity index is 854. The largest absolute Gasteiger partial charge is 0.419 e. The number of hydrogen-bond acceptors (Lipinski definition) is 2. The molecular weight excluding hydrogens is 368 g/mol. The molecule has 0 aliphatic carbocycles. The first kappa shape index (κ1) is 20.4. The summed E-state index contributed by atoms with van der Waals surface area (Å²) in [6.45, 7) is 3.25. The van der Waals surface area contributed by atoms with E-state index in [1.807, 2.05) is 0 Å². The topological polar surface area (TPSA) is 34.1 Å². The Kier molecular flexibility index (Phi) is 6.11. The van der Waals surface area contributed by atoms with E-state index in [0.29, 0.717) is 24.0 Å². The van der Waals surface area contributed by atoms with Crippen LogP contribution in [0.5, 0.6) is 0 Å². The van der Waals surface area contributed by atoms with Gasteiger partial charge in [0.05, 0.1) is 16.6 Å². The summed E-state index contributed by atoms with van der Waals surface area (Å²) in [5, 5.41) is -0.455. The molecule has 2 aromatic rings. The third-order valence-corrected chi connectivity index (χ3v) is 6.32. The minimum absolute atomic E-state index is 0.0438. The smallest absolute Gasteiger partial charge is 0.228 e. The number of benzene rings is 2. The monoisotopic (exact) mass is 388 g/mol. The Balaban J connectivity index is 2.05. The van der Waals surface area contributed by atoms with Crippen molar-refractivity contribution in [2.45, 2.75) is 43.9 Å². The van der Waals surface area contributed by atoms with Gasteiger partial charge in [0.25, 0.3) is 0 Å². The molecule has 0 amide bonds. The summed E-state index contributed by atoms with van der Waals surface area (Å²) < 4.78 is 75.3. The van der Waals surface area contributed by atoms with Crippen molar-refractivity contribution >= 4 is 9.84 Å². The van der Waals surface area contributed by atoms with E-state index in [-0.39, 0.29) is 5.75 Å². The highest BCUT2D eigenvalue weighted by molar-refractivity contribution is 7.91. The first-order valence-corrected chi connectivity index (χ1v) is 9.85. The zero-order chi connectivity index (χ0) is 19.5. The fourth-order valence-electron chi connectivity index (χ4n) is 2.43. The second kappa shape index (κ2) is 7.78. The molecule has 0 unspecified atom stereocenters. The van der Waals surface area contributed by atoms with Crippen molar-refractivity contribution in [1.29, 1.82) is 0 Å². The van der Waals surface area contributed by atoms with Crippen LogP contribution < -0.4 is 0 Å². The zero-order valence-corrected chi connectivity index (χ0v) is 15.3. The number of alkyl halides is 3. The molecule has 0 aliphatic rings. The molecule has 0 spiro atoms. The van der Waals surface area contributed by atoms with Crippen LogP contribution in [0.2, 0.25) is 0 Å². The van der Waals surface area contributed by atoms with Crippen molar-refractivity contribution in [3.05, 3.63) is 70.5 Å². The van der Waals surface area contributed by atoms with E-state index in [4.69, 9.17) is 0 Å². The number of sulfone groups is 1. The second-order valence-electron chi connectivity index (χ2n) is 6.48. The van der Waals surface area contributed by atoms with Crippen LogP contribution in [0.25, 0.3) is 0 Å². The molecule has 26 heavy (non-hydrogen) atoms. The Labute approximate surface area is 150 Å². The molecule has 0 atom stereocenters. The fraction of sp³-hybridized carbons (Fsp3) is 0.368. The van der Waals surface area contributed by atoms with E-state index in [1.165, 1.54) is 6.07 Å². The molecule has 0 saturated heterocycles. The van der Waals surface area contributed by atoms with Gasteiger partial charge in [0.15, 0.2) is 9.84 Å². The number of rotatable bonds is 6. The summed E-state index contributed by atoms with van der Waals surface area (Å²) >= 11 is 0. The van der Waals surface area contributed by atoms with Crippen LogP contribution in [0.3, 0.4) is 0 Å². The SMILES string of the molecule is CC(C)S(=O)(=O)Cc1ccc(CCc2ccc(F)c(C(F)(F)F)c2)cc1.